The van der Waals surface area contributed by atoms with E-state index in [0.717, 1.165) is 24.0 Å². The topological polar surface area (TPSA) is 29.3 Å². The van der Waals surface area contributed by atoms with Crippen molar-refractivity contribution in [3.8, 4) is 0 Å². The summed E-state index contributed by atoms with van der Waals surface area (Å²) in [7, 11) is 2.19. The highest BCUT2D eigenvalue weighted by Crippen LogP contribution is 2.30. The summed E-state index contributed by atoms with van der Waals surface area (Å²) in [6.45, 7) is 4.37. The maximum atomic E-state index is 6.31. The molecule has 3 atom stereocenters. The molecule has 0 aliphatic heterocycles. The van der Waals surface area contributed by atoms with E-state index in [1.165, 1.54) is 31.2 Å². The van der Waals surface area contributed by atoms with Crippen molar-refractivity contribution in [2.45, 2.75) is 45.2 Å². The van der Waals surface area contributed by atoms with E-state index in [1.54, 1.807) is 0 Å². The molecule has 112 valence electrons. The van der Waals surface area contributed by atoms with Crippen LogP contribution in [0.1, 0.15) is 38.2 Å². The van der Waals surface area contributed by atoms with Crippen LogP contribution in [0.5, 0.6) is 0 Å². The highest BCUT2D eigenvalue weighted by molar-refractivity contribution is 6.30. The van der Waals surface area contributed by atoms with Crippen molar-refractivity contribution >= 4 is 11.6 Å². The lowest BCUT2D eigenvalue weighted by molar-refractivity contribution is 0.168. The fraction of sp³-hybridized carbons (Fsp3) is 0.647. The number of hydrogen-bond donors (Lipinski definition) is 1. The van der Waals surface area contributed by atoms with E-state index in [-0.39, 0.29) is 0 Å². The summed E-state index contributed by atoms with van der Waals surface area (Å²) in [6.07, 6.45) is 5.10. The summed E-state index contributed by atoms with van der Waals surface area (Å²) < 4.78 is 0. The van der Waals surface area contributed by atoms with Crippen LogP contribution in [0.4, 0.5) is 0 Å². The minimum absolute atomic E-state index is 0.380. The molecule has 3 heteroatoms. The van der Waals surface area contributed by atoms with Crippen molar-refractivity contribution < 1.29 is 0 Å². The molecule has 1 fully saturated rings. The maximum Gasteiger partial charge on any atom is 0.0406 e. The lowest BCUT2D eigenvalue weighted by Crippen LogP contribution is -2.42. The predicted molar refractivity (Wildman–Crippen MR) is 86.9 cm³/mol. The normalized spacial score (nSPS) is 26.9. The van der Waals surface area contributed by atoms with Crippen molar-refractivity contribution in [2.75, 3.05) is 13.6 Å². The molecule has 1 aromatic rings. The van der Waals surface area contributed by atoms with Crippen LogP contribution in [0.25, 0.3) is 0 Å². The quantitative estimate of drug-likeness (QED) is 0.892. The predicted octanol–water partition coefficient (Wildman–Crippen LogP) is 3.93. The van der Waals surface area contributed by atoms with E-state index in [2.05, 4.69) is 31.0 Å². The van der Waals surface area contributed by atoms with Gasteiger partial charge < -0.3 is 10.6 Å². The van der Waals surface area contributed by atoms with Gasteiger partial charge in [-0.15, -0.1) is 0 Å². The third-order valence-corrected chi connectivity index (χ3v) is 4.89. The second-order valence-electron chi connectivity index (χ2n) is 6.33. The molecule has 1 aromatic carbocycles. The van der Waals surface area contributed by atoms with Gasteiger partial charge in [0.15, 0.2) is 0 Å². The largest absolute Gasteiger partial charge is 0.327 e. The first-order chi connectivity index (χ1) is 9.58. The van der Waals surface area contributed by atoms with Crippen molar-refractivity contribution in [1.82, 2.24) is 4.90 Å². The number of benzene rings is 1. The lowest BCUT2D eigenvalue weighted by atomic mass is 9.77. The van der Waals surface area contributed by atoms with E-state index in [1.807, 2.05) is 12.1 Å². The zero-order valence-corrected chi connectivity index (χ0v) is 13.4. The minimum atomic E-state index is 0.380. The van der Waals surface area contributed by atoms with Gasteiger partial charge in [-0.2, -0.15) is 0 Å². The summed E-state index contributed by atoms with van der Waals surface area (Å²) in [5.41, 5.74) is 7.63. The Morgan fingerprint density at radius 1 is 1.25 bits per heavy atom. The first-order valence-electron chi connectivity index (χ1n) is 7.77. The Bertz CT molecular complexity index is 404. The molecule has 1 aliphatic carbocycles. The van der Waals surface area contributed by atoms with E-state index < -0.39 is 0 Å². The van der Waals surface area contributed by atoms with Crippen molar-refractivity contribution in [3.63, 3.8) is 0 Å². The molecule has 0 bridgehead atoms. The fourth-order valence-electron chi connectivity index (χ4n) is 3.33. The number of rotatable bonds is 5. The van der Waals surface area contributed by atoms with Gasteiger partial charge in [-0.05, 0) is 55.8 Å². The Morgan fingerprint density at radius 2 is 1.95 bits per heavy atom. The molecular weight excluding hydrogens is 268 g/mol. The van der Waals surface area contributed by atoms with Crippen molar-refractivity contribution in [3.05, 3.63) is 34.9 Å². The van der Waals surface area contributed by atoms with E-state index in [4.69, 9.17) is 17.3 Å². The molecule has 0 heterocycles. The number of halogens is 1. The van der Waals surface area contributed by atoms with E-state index in [0.29, 0.717) is 12.0 Å². The summed E-state index contributed by atoms with van der Waals surface area (Å²) >= 11 is 5.92. The van der Waals surface area contributed by atoms with Gasteiger partial charge in [-0.25, -0.2) is 0 Å². The van der Waals surface area contributed by atoms with Gasteiger partial charge in [0.25, 0.3) is 0 Å². The molecule has 2 rings (SSSR count). The Kier molecular flexibility index (Phi) is 5.88. The summed E-state index contributed by atoms with van der Waals surface area (Å²) in [5, 5.41) is 0.802. The third kappa shape index (κ3) is 4.47. The second-order valence-corrected chi connectivity index (χ2v) is 6.77. The molecule has 0 spiro atoms. The van der Waals surface area contributed by atoms with Crippen molar-refractivity contribution in [1.29, 1.82) is 0 Å². The lowest BCUT2D eigenvalue weighted by Gasteiger charge is -2.36. The average molecular weight is 295 g/mol. The van der Waals surface area contributed by atoms with Gasteiger partial charge in [-0.3, -0.25) is 0 Å². The molecule has 0 saturated heterocycles. The molecule has 20 heavy (non-hydrogen) atoms. The highest BCUT2D eigenvalue weighted by atomic mass is 35.5. The molecular formula is C17H27ClN2. The second kappa shape index (κ2) is 7.44. The van der Waals surface area contributed by atoms with Crippen LogP contribution in [0.15, 0.2) is 24.3 Å². The van der Waals surface area contributed by atoms with Crippen LogP contribution in [0.3, 0.4) is 0 Å². The molecule has 0 radical (unpaired) electrons. The third-order valence-electron chi connectivity index (χ3n) is 4.64. The van der Waals surface area contributed by atoms with Gasteiger partial charge in [0, 0.05) is 24.2 Å². The number of hydrogen-bond acceptors (Lipinski definition) is 2. The molecule has 2 N–H and O–H groups in total. The monoisotopic (exact) mass is 294 g/mol. The summed E-state index contributed by atoms with van der Waals surface area (Å²) in [5.74, 6) is 1.52. The molecule has 0 amide bonds. The SMILES string of the molecule is CCC1CCC(N)C(CN(C)Cc2ccc(Cl)cc2)C1. The molecule has 2 nitrogen and oxygen atoms in total. The van der Waals surface area contributed by atoms with Gasteiger partial charge in [0.1, 0.15) is 0 Å². The van der Waals surface area contributed by atoms with Crippen LogP contribution >= 0.6 is 11.6 Å². The van der Waals surface area contributed by atoms with Crippen LogP contribution in [-0.2, 0) is 6.54 Å². The number of nitrogens with zero attached hydrogens (tertiary/aromatic N) is 1. The maximum absolute atomic E-state index is 6.31. The smallest absolute Gasteiger partial charge is 0.0406 e. The zero-order chi connectivity index (χ0) is 14.5. The van der Waals surface area contributed by atoms with E-state index >= 15 is 0 Å². The zero-order valence-electron chi connectivity index (χ0n) is 12.7. The Balaban J connectivity index is 1.86. The average Bonchev–Trinajstić information content (AvgIpc) is 2.44. The van der Waals surface area contributed by atoms with Crippen LogP contribution < -0.4 is 5.73 Å². The van der Waals surface area contributed by atoms with Gasteiger partial charge in [0.2, 0.25) is 0 Å². The Morgan fingerprint density at radius 3 is 2.60 bits per heavy atom. The Hall–Kier alpha value is -0.570. The highest BCUT2D eigenvalue weighted by Gasteiger charge is 2.27. The minimum Gasteiger partial charge on any atom is -0.327 e. The first kappa shape index (κ1) is 15.8. The van der Waals surface area contributed by atoms with Gasteiger partial charge in [-0.1, -0.05) is 37.1 Å². The summed E-state index contributed by atoms with van der Waals surface area (Å²) in [6, 6.07) is 8.52. The van der Waals surface area contributed by atoms with Gasteiger partial charge >= 0.3 is 0 Å². The molecule has 0 aromatic heterocycles. The van der Waals surface area contributed by atoms with Gasteiger partial charge in [0.05, 0.1) is 0 Å². The van der Waals surface area contributed by atoms with E-state index in [9.17, 15) is 0 Å². The fourth-order valence-corrected chi connectivity index (χ4v) is 3.46. The molecule has 3 unspecified atom stereocenters. The van der Waals surface area contributed by atoms with Crippen molar-refractivity contribution in [2.24, 2.45) is 17.6 Å². The first-order valence-corrected chi connectivity index (χ1v) is 8.14. The van der Waals surface area contributed by atoms with Crippen LogP contribution in [0.2, 0.25) is 5.02 Å². The number of nitrogens with two attached hydrogens (primary N) is 1. The molecule has 1 saturated carbocycles. The Labute approximate surface area is 128 Å². The summed E-state index contributed by atoms with van der Waals surface area (Å²) in [4.78, 5) is 2.39. The molecule has 1 aliphatic rings. The van der Waals surface area contributed by atoms with Crippen LogP contribution in [-0.4, -0.2) is 24.5 Å². The van der Waals surface area contributed by atoms with Crippen LogP contribution in [0, 0.1) is 11.8 Å². The standard InChI is InChI=1S/C17H27ClN2/c1-3-13-6-9-17(19)15(10-13)12-20(2)11-14-4-7-16(18)8-5-14/h4-5,7-8,13,15,17H,3,6,9-12,19H2,1-2H3.